The number of amides is 2. The van der Waals surface area contributed by atoms with Gasteiger partial charge in [0.2, 0.25) is 0 Å². The first-order chi connectivity index (χ1) is 12.6. The molecule has 1 saturated heterocycles. The van der Waals surface area contributed by atoms with Crippen LogP contribution in [0.5, 0.6) is 5.75 Å². The maximum Gasteiger partial charge on any atom is 0.326 e. The van der Waals surface area contributed by atoms with Gasteiger partial charge in [0.05, 0.1) is 5.69 Å². The van der Waals surface area contributed by atoms with E-state index in [2.05, 4.69) is 10.3 Å². The van der Waals surface area contributed by atoms with E-state index < -0.39 is 0 Å². The topological polar surface area (TPSA) is 106 Å². The number of likely N-dealkylation sites (tertiary alicyclic amines) is 1. The van der Waals surface area contributed by atoms with Crippen LogP contribution >= 0.6 is 0 Å². The number of aromatic amines is 1. The number of carbonyl (C=O) groups is 2. The molecule has 0 bridgehead atoms. The second-order valence-electron chi connectivity index (χ2n) is 6.29. The van der Waals surface area contributed by atoms with E-state index in [1.54, 1.807) is 18.2 Å². The molecule has 1 fully saturated rings. The van der Waals surface area contributed by atoms with E-state index in [1.165, 1.54) is 17.8 Å². The summed E-state index contributed by atoms with van der Waals surface area (Å²) >= 11 is 0. The fourth-order valence-corrected chi connectivity index (χ4v) is 3.30. The molecule has 0 saturated carbocycles. The van der Waals surface area contributed by atoms with Crippen LogP contribution in [0.1, 0.15) is 23.3 Å². The van der Waals surface area contributed by atoms with E-state index in [0.29, 0.717) is 22.9 Å². The summed E-state index contributed by atoms with van der Waals surface area (Å²) in [5.41, 5.74) is 1.26. The lowest BCUT2D eigenvalue weighted by Crippen LogP contribution is -2.34. The molecule has 136 valence electrons. The standard InChI is InChI=1S/C17H20N6O3/c1-19-17(25)22-7-4-11(8-14(22)18)23-10-26-13-9-12(20-15(13)23)16(24)21-5-2-3-6-21/h4,7-9,18,20H,2-3,5-6,10H2,1H3,(H,19,25). The third-order valence-corrected chi connectivity index (χ3v) is 4.69. The number of fused-ring (bicyclic) bond motifs is 1. The molecule has 0 aliphatic carbocycles. The SMILES string of the molecule is CNC(=O)n1ccc(N2COc3cc(C(=O)N4CCCC4)[nH]c32)cc1=N. The van der Waals surface area contributed by atoms with Crippen LogP contribution in [0.2, 0.25) is 0 Å². The number of rotatable bonds is 2. The number of anilines is 2. The number of nitrogens with zero attached hydrogens (tertiary/aromatic N) is 3. The monoisotopic (exact) mass is 356 g/mol. The van der Waals surface area contributed by atoms with Gasteiger partial charge in [0.25, 0.3) is 5.91 Å². The van der Waals surface area contributed by atoms with Crippen molar-refractivity contribution in [2.75, 3.05) is 31.8 Å². The normalized spacial score (nSPS) is 15.7. The number of aromatic nitrogens is 2. The highest BCUT2D eigenvalue weighted by atomic mass is 16.5. The number of hydrogen-bond acceptors (Lipinski definition) is 5. The molecule has 0 unspecified atom stereocenters. The molecule has 9 nitrogen and oxygen atoms in total. The Hall–Kier alpha value is -3.23. The summed E-state index contributed by atoms with van der Waals surface area (Å²) in [5, 5.41) is 10.5. The van der Waals surface area contributed by atoms with Crippen molar-refractivity contribution in [2.24, 2.45) is 0 Å². The Balaban J connectivity index is 1.62. The fourth-order valence-electron chi connectivity index (χ4n) is 3.30. The van der Waals surface area contributed by atoms with Crippen molar-refractivity contribution in [2.45, 2.75) is 12.8 Å². The van der Waals surface area contributed by atoms with E-state index in [4.69, 9.17) is 10.1 Å². The minimum absolute atomic E-state index is 0.0212. The predicted molar refractivity (Wildman–Crippen MR) is 93.7 cm³/mol. The van der Waals surface area contributed by atoms with Gasteiger partial charge in [-0.25, -0.2) is 4.79 Å². The average molecular weight is 356 g/mol. The molecule has 2 amide bonds. The van der Waals surface area contributed by atoms with Crippen molar-refractivity contribution in [1.29, 1.82) is 5.41 Å². The smallest absolute Gasteiger partial charge is 0.326 e. The third kappa shape index (κ3) is 2.61. The van der Waals surface area contributed by atoms with Crippen LogP contribution in [-0.4, -0.2) is 53.3 Å². The van der Waals surface area contributed by atoms with Gasteiger partial charge in [-0.2, -0.15) is 0 Å². The first-order valence-electron chi connectivity index (χ1n) is 8.50. The summed E-state index contributed by atoms with van der Waals surface area (Å²) in [7, 11) is 1.51. The molecule has 9 heteroatoms. The highest BCUT2D eigenvalue weighted by Crippen LogP contribution is 2.38. The zero-order valence-corrected chi connectivity index (χ0v) is 14.4. The van der Waals surface area contributed by atoms with E-state index >= 15 is 0 Å². The number of carbonyl (C=O) groups excluding carboxylic acids is 2. The summed E-state index contributed by atoms with van der Waals surface area (Å²) in [4.78, 5) is 31.1. The Labute approximate surface area is 149 Å². The fraction of sp³-hybridized carbons (Fsp3) is 0.353. The predicted octanol–water partition coefficient (Wildman–Crippen LogP) is 1.21. The van der Waals surface area contributed by atoms with Crippen LogP contribution in [0.15, 0.2) is 24.4 Å². The third-order valence-electron chi connectivity index (χ3n) is 4.69. The maximum atomic E-state index is 12.5. The summed E-state index contributed by atoms with van der Waals surface area (Å²) in [6, 6.07) is 4.66. The number of pyridine rings is 1. The first-order valence-corrected chi connectivity index (χ1v) is 8.50. The van der Waals surface area contributed by atoms with Gasteiger partial charge < -0.3 is 19.9 Å². The number of hydrogen-bond donors (Lipinski definition) is 3. The molecule has 0 radical (unpaired) electrons. The summed E-state index contributed by atoms with van der Waals surface area (Å²) in [5.74, 6) is 1.28. The van der Waals surface area contributed by atoms with E-state index in [1.807, 2.05) is 9.80 Å². The molecule has 0 spiro atoms. The van der Waals surface area contributed by atoms with Gasteiger partial charge in [-0.05, 0) is 18.9 Å². The summed E-state index contributed by atoms with van der Waals surface area (Å²) in [6.45, 7) is 1.85. The van der Waals surface area contributed by atoms with Crippen LogP contribution in [-0.2, 0) is 0 Å². The Morgan fingerprint density at radius 3 is 2.73 bits per heavy atom. The molecule has 3 N–H and O–H groups in total. The maximum absolute atomic E-state index is 12.5. The van der Waals surface area contributed by atoms with Crippen LogP contribution in [0, 0.1) is 5.41 Å². The highest BCUT2D eigenvalue weighted by molar-refractivity contribution is 5.95. The Morgan fingerprint density at radius 2 is 2.04 bits per heavy atom. The van der Waals surface area contributed by atoms with Gasteiger partial charge in [-0.3, -0.25) is 19.7 Å². The van der Waals surface area contributed by atoms with Crippen LogP contribution in [0.4, 0.5) is 16.3 Å². The number of H-pyrrole nitrogens is 1. The minimum atomic E-state index is -0.377. The molecule has 2 aromatic rings. The molecular weight excluding hydrogens is 336 g/mol. The van der Waals surface area contributed by atoms with Crippen molar-refractivity contribution in [1.82, 2.24) is 19.8 Å². The van der Waals surface area contributed by atoms with Crippen molar-refractivity contribution in [3.05, 3.63) is 35.6 Å². The van der Waals surface area contributed by atoms with Gasteiger partial charge >= 0.3 is 6.03 Å². The number of nitrogens with one attached hydrogen (secondary N) is 3. The highest BCUT2D eigenvalue weighted by Gasteiger charge is 2.29. The lowest BCUT2D eigenvalue weighted by Gasteiger charge is -2.18. The Bertz CT molecular complexity index is 925. The van der Waals surface area contributed by atoms with Crippen molar-refractivity contribution < 1.29 is 14.3 Å². The molecule has 4 heterocycles. The molecule has 2 aromatic heterocycles. The van der Waals surface area contributed by atoms with Crippen LogP contribution in [0.3, 0.4) is 0 Å². The van der Waals surface area contributed by atoms with Crippen molar-refractivity contribution >= 4 is 23.4 Å². The van der Waals surface area contributed by atoms with Gasteiger partial charge in [-0.1, -0.05) is 0 Å². The molecule has 0 atom stereocenters. The zero-order valence-electron chi connectivity index (χ0n) is 14.4. The quantitative estimate of drug-likeness (QED) is 0.752. The van der Waals surface area contributed by atoms with Crippen molar-refractivity contribution in [3.63, 3.8) is 0 Å². The molecular formula is C17H20N6O3. The minimum Gasteiger partial charge on any atom is -0.469 e. The molecule has 2 aliphatic rings. The average Bonchev–Trinajstić information content (AvgIpc) is 3.36. The second kappa shape index (κ2) is 6.25. The van der Waals surface area contributed by atoms with Gasteiger partial charge in [0.15, 0.2) is 18.3 Å². The first kappa shape index (κ1) is 16.2. The van der Waals surface area contributed by atoms with Gasteiger partial charge in [0, 0.05) is 38.5 Å². The van der Waals surface area contributed by atoms with Crippen LogP contribution in [0.25, 0.3) is 0 Å². The largest absolute Gasteiger partial charge is 0.469 e. The van der Waals surface area contributed by atoms with E-state index in [0.717, 1.165) is 25.9 Å². The van der Waals surface area contributed by atoms with Gasteiger partial charge in [0.1, 0.15) is 11.2 Å². The van der Waals surface area contributed by atoms with Crippen molar-refractivity contribution in [3.8, 4) is 5.75 Å². The Morgan fingerprint density at radius 1 is 1.27 bits per heavy atom. The van der Waals surface area contributed by atoms with E-state index in [-0.39, 0.29) is 24.2 Å². The Kier molecular flexibility index (Phi) is 3.90. The summed E-state index contributed by atoms with van der Waals surface area (Å²) in [6.07, 6.45) is 3.61. The zero-order chi connectivity index (χ0) is 18.3. The molecule has 26 heavy (non-hydrogen) atoms. The lowest BCUT2D eigenvalue weighted by molar-refractivity contribution is 0.0787. The molecule has 0 aromatic carbocycles. The second-order valence-corrected chi connectivity index (χ2v) is 6.29. The van der Waals surface area contributed by atoms with Crippen LogP contribution < -0.4 is 20.4 Å². The van der Waals surface area contributed by atoms with E-state index in [9.17, 15) is 9.59 Å². The lowest BCUT2D eigenvalue weighted by atomic mass is 10.3. The summed E-state index contributed by atoms with van der Waals surface area (Å²) < 4.78 is 6.88. The number of ether oxygens (including phenoxy) is 1. The molecule has 4 rings (SSSR count). The molecule has 2 aliphatic heterocycles. The van der Waals surface area contributed by atoms with Gasteiger partial charge in [-0.15, -0.1) is 0 Å².